The molecule has 36 heavy (non-hydrogen) atoms. The van der Waals surface area contributed by atoms with Crippen molar-refractivity contribution in [2.75, 3.05) is 23.7 Å². The Hall–Kier alpha value is -4.30. The van der Waals surface area contributed by atoms with Crippen LogP contribution in [0, 0.1) is 0 Å². The predicted octanol–water partition coefficient (Wildman–Crippen LogP) is 3.91. The number of anilines is 3. The van der Waals surface area contributed by atoms with Crippen LogP contribution in [0.2, 0.25) is 0 Å². The van der Waals surface area contributed by atoms with Crippen LogP contribution in [0.5, 0.6) is 0 Å². The molecular formula is C28H29N7O. The molecule has 1 aliphatic rings. The largest absolute Gasteiger partial charge is 0.385 e. The molecule has 1 atom stereocenters. The maximum Gasteiger partial charge on any atom is 0.237 e. The van der Waals surface area contributed by atoms with E-state index in [1.54, 1.807) is 0 Å². The number of amides is 1. The lowest BCUT2D eigenvalue weighted by Gasteiger charge is -2.19. The minimum absolute atomic E-state index is 0.00329. The molecular weight excluding hydrogens is 450 g/mol. The van der Waals surface area contributed by atoms with Crippen molar-refractivity contribution in [1.29, 1.82) is 0 Å². The highest BCUT2D eigenvalue weighted by molar-refractivity contribution is 5.82. The van der Waals surface area contributed by atoms with Crippen LogP contribution in [0.15, 0.2) is 85.2 Å². The highest BCUT2D eigenvalue weighted by Crippen LogP contribution is 2.21. The number of nitrogens with one attached hydrogen (secondary N) is 4. The quantitative estimate of drug-likeness (QED) is 0.346. The number of hydrogen-bond donors (Lipinski definition) is 4. The Bertz CT molecular complexity index is 1310. The first kappa shape index (κ1) is 23.4. The molecule has 0 spiro atoms. The Balaban J connectivity index is 1.41. The second kappa shape index (κ2) is 11.4. The number of carbonyl (C=O) groups excluding carboxylic acids is 1. The summed E-state index contributed by atoms with van der Waals surface area (Å²) in [6.45, 7) is 1.88. The van der Waals surface area contributed by atoms with Gasteiger partial charge in [-0.25, -0.2) is 9.97 Å². The summed E-state index contributed by atoms with van der Waals surface area (Å²) >= 11 is 0. The van der Waals surface area contributed by atoms with Crippen molar-refractivity contribution in [3.8, 4) is 11.4 Å². The molecule has 4 N–H and O–H groups in total. The molecule has 0 saturated heterocycles. The SMILES string of the molecule is O=C1NCCCNc2cccc(c2)-c2ncnc(n2)Nc2cccc(c2)CN[C@H]1Cc1ccccc1. The third kappa shape index (κ3) is 6.22. The van der Waals surface area contributed by atoms with Crippen molar-refractivity contribution in [3.05, 3.63) is 96.3 Å². The van der Waals surface area contributed by atoms with Gasteiger partial charge in [0.15, 0.2) is 5.82 Å². The number of nitrogens with zero attached hydrogens (tertiary/aromatic N) is 3. The third-order valence-corrected chi connectivity index (χ3v) is 6.01. The Kier molecular flexibility index (Phi) is 7.44. The normalized spacial score (nSPS) is 16.3. The zero-order valence-corrected chi connectivity index (χ0v) is 19.9. The monoisotopic (exact) mass is 479 g/mol. The van der Waals surface area contributed by atoms with Crippen molar-refractivity contribution in [1.82, 2.24) is 25.6 Å². The van der Waals surface area contributed by atoms with Crippen molar-refractivity contribution >= 4 is 23.2 Å². The van der Waals surface area contributed by atoms with Gasteiger partial charge < -0.3 is 21.3 Å². The number of hydrogen-bond acceptors (Lipinski definition) is 7. The lowest BCUT2D eigenvalue weighted by atomic mass is 10.0. The summed E-state index contributed by atoms with van der Waals surface area (Å²) in [6.07, 6.45) is 2.93. The van der Waals surface area contributed by atoms with Gasteiger partial charge in [-0.15, -0.1) is 0 Å². The average molecular weight is 480 g/mol. The average Bonchev–Trinajstić information content (AvgIpc) is 2.91. The molecule has 0 saturated carbocycles. The van der Waals surface area contributed by atoms with Gasteiger partial charge in [-0.2, -0.15) is 4.98 Å². The fourth-order valence-corrected chi connectivity index (χ4v) is 4.16. The smallest absolute Gasteiger partial charge is 0.237 e. The zero-order valence-electron chi connectivity index (χ0n) is 19.9. The van der Waals surface area contributed by atoms with Crippen LogP contribution in [0.25, 0.3) is 11.4 Å². The Morgan fingerprint density at radius 2 is 1.67 bits per heavy atom. The summed E-state index contributed by atoms with van der Waals surface area (Å²) in [5.41, 5.74) is 4.91. The highest BCUT2D eigenvalue weighted by Gasteiger charge is 2.18. The molecule has 8 nitrogen and oxygen atoms in total. The highest BCUT2D eigenvalue weighted by atomic mass is 16.2. The van der Waals surface area contributed by atoms with Crippen LogP contribution >= 0.6 is 0 Å². The van der Waals surface area contributed by atoms with Gasteiger partial charge >= 0.3 is 0 Å². The van der Waals surface area contributed by atoms with E-state index in [1.807, 2.05) is 66.7 Å². The van der Waals surface area contributed by atoms with Crippen LogP contribution < -0.4 is 21.3 Å². The Labute approximate surface area is 210 Å². The molecule has 0 aliphatic carbocycles. The van der Waals surface area contributed by atoms with E-state index >= 15 is 0 Å². The molecule has 1 aromatic heterocycles. The van der Waals surface area contributed by atoms with E-state index in [9.17, 15) is 4.79 Å². The van der Waals surface area contributed by atoms with Gasteiger partial charge in [-0.3, -0.25) is 4.79 Å². The zero-order chi connectivity index (χ0) is 24.6. The number of benzene rings is 3. The molecule has 6 bridgehead atoms. The van der Waals surface area contributed by atoms with Crippen LogP contribution in [-0.4, -0.2) is 40.0 Å². The minimum Gasteiger partial charge on any atom is -0.385 e. The topological polar surface area (TPSA) is 104 Å². The van der Waals surface area contributed by atoms with Crippen molar-refractivity contribution in [2.45, 2.75) is 25.4 Å². The van der Waals surface area contributed by atoms with E-state index < -0.39 is 0 Å². The summed E-state index contributed by atoms with van der Waals surface area (Å²) in [5, 5.41) is 13.3. The van der Waals surface area contributed by atoms with E-state index in [1.165, 1.54) is 6.33 Å². The van der Waals surface area contributed by atoms with Gasteiger partial charge in [0.2, 0.25) is 11.9 Å². The fourth-order valence-electron chi connectivity index (χ4n) is 4.16. The van der Waals surface area contributed by atoms with Crippen LogP contribution in [-0.2, 0) is 17.8 Å². The van der Waals surface area contributed by atoms with E-state index in [0.29, 0.717) is 31.3 Å². The van der Waals surface area contributed by atoms with E-state index in [4.69, 9.17) is 0 Å². The Morgan fingerprint density at radius 1 is 0.833 bits per heavy atom. The van der Waals surface area contributed by atoms with Crippen LogP contribution in [0.4, 0.5) is 17.3 Å². The van der Waals surface area contributed by atoms with Gasteiger partial charge in [0, 0.05) is 36.6 Å². The first-order chi connectivity index (χ1) is 17.7. The molecule has 1 aliphatic heterocycles. The lowest BCUT2D eigenvalue weighted by Crippen LogP contribution is -2.45. The number of carbonyl (C=O) groups is 1. The first-order valence-electron chi connectivity index (χ1n) is 12.2. The molecule has 1 amide bonds. The summed E-state index contributed by atoms with van der Waals surface area (Å²) < 4.78 is 0. The maximum atomic E-state index is 13.1. The second-order valence-corrected chi connectivity index (χ2v) is 8.73. The van der Waals surface area contributed by atoms with Gasteiger partial charge in [0.05, 0.1) is 6.04 Å². The van der Waals surface area contributed by atoms with E-state index in [2.05, 4.69) is 48.4 Å². The van der Waals surface area contributed by atoms with Crippen molar-refractivity contribution in [3.63, 3.8) is 0 Å². The molecule has 5 rings (SSSR count). The molecule has 0 fully saturated rings. The number of fused-ring (bicyclic) bond motifs is 7. The van der Waals surface area contributed by atoms with Gasteiger partial charge in [0.1, 0.15) is 6.33 Å². The summed E-state index contributed by atoms with van der Waals surface area (Å²) in [6, 6.07) is 25.7. The predicted molar refractivity (Wildman–Crippen MR) is 142 cm³/mol. The second-order valence-electron chi connectivity index (χ2n) is 8.73. The maximum absolute atomic E-state index is 13.1. The van der Waals surface area contributed by atoms with Crippen molar-refractivity contribution < 1.29 is 4.79 Å². The van der Waals surface area contributed by atoms with E-state index in [-0.39, 0.29) is 11.9 Å². The Morgan fingerprint density at radius 3 is 2.58 bits per heavy atom. The molecule has 0 radical (unpaired) electrons. The number of aromatic nitrogens is 3. The van der Waals surface area contributed by atoms with E-state index in [0.717, 1.165) is 41.0 Å². The molecule has 0 unspecified atom stereocenters. The van der Waals surface area contributed by atoms with Crippen LogP contribution in [0.1, 0.15) is 17.5 Å². The minimum atomic E-state index is -0.346. The molecule has 3 aromatic carbocycles. The summed E-state index contributed by atoms with van der Waals surface area (Å²) in [7, 11) is 0. The van der Waals surface area contributed by atoms with Crippen LogP contribution in [0.3, 0.4) is 0 Å². The van der Waals surface area contributed by atoms with Gasteiger partial charge in [-0.1, -0.05) is 54.6 Å². The molecule has 182 valence electrons. The summed E-state index contributed by atoms with van der Waals surface area (Å²) in [5.74, 6) is 1.08. The molecule has 8 heteroatoms. The van der Waals surface area contributed by atoms with Gasteiger partial charge in [-0.05, 0) is 48.2 Å². The summed E-state index contributed by atoms with van der Waals surface area (Å²) in [4.78, 5) is 26.4. The van der Waals surface area contributed by atoms with Gasteiger partial charge in [0.25, 0.3) is 0 Å². The molecule has 4 aromatic rings. The molecule has 2 heterocycles. The number of rotatable bonds is 2. The first-order valence-corrected chi connectivity index (χ1v) is 12.2. The standard InChI is InChI=1S/C28H29N7O/c36-27-25(16-20-7-2-1-3-8-20)31-18-21-9-4-12-24(15-21)34-28-33-19-32-26(35-28)22-10-5-11-23(17-22)29-13-6-14-30-27/h1-5,7-12,15,17,19,25,29,31H,6,13-14,16,18H2,(H,30,36)(H,32,33,34,35)/t25-/m0/s1. The lowest BCUT2D eigenvalue weighted by molar-refractivity contribution is -0.123. The fraction of sp³-hybridized carbons (Fsp3) is 0.214. The third-order valence-electron chi connectivity index (χ3n) is 6.01. The van der Waals surface area contributed by atoms with Crippen molar-refractivity contribution in [2.24, 2.45) is 0 Å².